The minimum absolute atomic E-state index is 0.0491. The van der Waals surface area contributed by atoms with Crippen molar-refractivity contribution in [2.24, 2.45) is 0 Å². The molecule has 2 aromatic carbocycles. The van der Waals surface area contributed by atoms with Crippen LogP contribution in [0.15, 0.2) is 54.6 Å². The van der Waals surface area contributed by atoms with E-state index in [1.54, 1.807) is 11.3 Å². The van der Waals surface area contributed by atoms with Crippen LogP contribution in [0.25, 0.3) is 10.4 Å². The number of hydrogen-bond acceptors (Lipinski definition) is 2. The molecule has 1 N–H and O–H groups in total. The van der Waals surface area contributed by atoms with Gasteiger partial charge < -0.3 is 5.32 Å². The summed E-state index contributed by atoms with van der Waals surface area (Å²) in [6.07, 6.45) is 0. The predicted octanol–water partition coefficient (Wildman–Crippen LogP) is 6.41. The van der Waals surface area contributed by atoms with Gasteiger partial charge in [-0.25, -0.2) is 0 Å². The molecule has 3 aromatic rings. The summed E-state index contributed by atoms with van der Waals surface area (Å²) in [5, 5.41) is 3.03. The lowest BCUT2D eigenvalue weighted by molar-refractivity contribution is 0.103. The summed E-state index contributed by atoms with van der Waals surface area (Å²) in [7, 11) is 0. The Morgan fingerprint density at radius 3 is 2.32 bits per heavy atom. The van der Waals surface area contributed by atoms with Gasteiger partial charge in [-0.05, 0) is 60.2 Å². The van der Waals surface area contributed by atoms with E-state index in [1.807, 2.05) is 36.4 Å². The van der Waals surface area contributed by atoms with Gasteiger partial charge in [-0.1, -0.05) is 50.2 Å². The second kappa shape index (κ2) is 7.24. The predicted molar refractivity (Wildman–Crippen MR) is 108 cm³/mol. The number of carbonyl (C=O) groups excluding carboxylic acids is 1. The Labute approximate surface area is 153 Å². The number of nitrogens with one attached hydrogen (secondary N) is 1. The number of rotatable bonds is 4. The molecule has 0 fully saturated rings. The SMILES string of the molecule is Cc1cc(NC(=O)c2cc(C)c(-c3ccccc3)s2)ccc1C(C)C. The van der Waals surface area contributed by atoms with Gasteiger partial charge in [0, 0.05) is 10.6 Å². The second-order valence-electron chi connectivity index (χ2n) is 6.67. The Bertz CT molecular complexity index is 894. The lowest BCUT2D eigenvalue weighted by Gasteiger charge is -2.12. The molecule has 3 rings (SSSR count). The number of carbonyl (C=O) groups is 1. The van der Waals surface area contributed by atoms with Crippen molar-refractivity contribution in [2.45, 2.75) is 33.6 Å². The van der Waals surface area contributed by atoms with Crippen molar-refractivity contribution in [1.29, 1.82) is 0 Å². The molecular formula is C22H23NOS. The fourth-order valence-electron chi connectivity index (χ4n) is 3.06. The largest absolute Gasteiger partial charge is 0.321 e. The topological polar surface area (TPSA) is 29.1 Å². The lowest BCUT2D eigenvalue weighted by atomic mass is 9.98. The molecule has 3 heteroatoms. The molecule has 0 spiro atoms. The molecule has 0 unspecified atom stereocenters. The van der Waals surface area contributed by atoms with E-state index in [2.05, 4.69) is 51.2 Å². The van der Waals surface area contributed by atoms with Gasteiger partial charge in [0.05, 0.1) is 4.88 Å². The van der Waals surface area contributed by atoms with Crippen LogP contribution in [0, 0.1) is 13.8 Å². The molecule has 0 saturated carbocycles. The first-order valence-electron chi connectivity index (χ1n) is 8.53. The normalized spacial score (nSPS) is 10.9. The highest BCUT2D eigenvalue weighted by Gasteiger charge is 2.14. The highest BCUT2D eigenvalue weighted by Crippen LogP contribution is 2.32. The van der Waals surface area contributed by atoms with Crippen molar-refractivity contribution < 1.29 is 4.79 Å². The summed E-state index contributed by atoms with van der Waals surface area (Å²) in [4.78, 5) is 14.5. The number of hydrogen-bond donors (Lipinski definition) is 1. The van der Waals surface area contributed by atoms with Crippen molar-refractivity contribution in [3.63, 3.8) is 0 Å². The van der Waals surface area contributed by atoms with E-state index in [9.17, 15) is 4.79 Å². The summed E-state index contributed by atoms with van der Waals surface area (Å²) in [6, 6.07) is 18.3. The molecule has 1 heterocycles. The van der Waals surface area contributed by atoms with E-state index in [1.165, 1.54) is 11.1 Å². The maximum Gasteiger partial charge on any atom is 0.265 e. The molecule has 128 valence electrons. The van der Waals surface area contributed by atoms with E-state index in [-0.39, 0.29) is 5.91 Å². The Morgan fingerprint density at radius 2 is 1.68 bits per heavy atom. The molecule has 1 aromatic heterocycles. The molecule has 0 aliphatic heterocycles. The molecular weight excluding hydrogens is 326 g/mol. The monoisotopic (exact) mass is 349 g/mol. The first-order valence-corrected chi connectivity index (χ1v) is 9.35. The molecule has 1 amide bonds. The third-order valence-electron chi connectivity index (χ3n) is 4.33. The quantitative estimate of drug-likeness (QED) is 0.579. The van der Waals surface area contributed by atoms with Gasteiger partial charge in [0.2, 0.25) is 0 Å². The molecule has 0 aliphatic rings. The Morgan fingerprint density at radius 1 is 0.960 bits per heavy atom. The second-order valence-corrected chi connectivity index (χ2v) is 7.72. The minimum Gasteiger partial charge on any atom is -0.321 e. The average Bonchev–Trinajstić information content (AvgIpc) is 2.97. The summed E-state index contributed by atoms with van der Waals surface area (Å²) in [5.41, 5.74) is 5.66. The number of benzene rings is 2. The van der Waals surface area contributed by atoms with Gasteiger partial charge in [0.1, 0.15) is 0 Å². The maximum absolute atomic E-state index is 12.6. The molecule has 2 nitrogen and oxygen atoms in total. The molecule has 25 heavy (non-hydrogen) atoms. The third kappa shape index (κ3) is 3.83. The zero-order valence-electron chi connectivity index (χ0n) is 15.1. The molecule has 0 saturated heterocycles. The minimum atomic E-state index is -0.0491. The van der Waals surface area contributed by atoms with Gasteiger partial charge in [-0.3, -0.25) is 4.79 Å². The van der Waals surface area contributed by atoms with Crippen LogP contribution in [0.5, 0.6) is 0 Å². The Hall–Kier alpha value is -2.39. The van der Waals surface area contributed by atoms with E-state index in [0.29, 0.717) is 5.92 Å². The van der Waals surface area contributed by atoms with Crippen LogP contribution in [0.3, 0.4) is 0 Å². The van der Waals surface area contributed by atoms with Crippen molar-refractivity contribution in [3.05, 3.63) is 76.2 Å². The van der Waals surface area contributed by atoms with E-state index >= 15 is 0 Å². The maximum atomic E-state index is 12.6. The number of anilines is 1. The van der Waals surface area contributed by atoms with Gasteiger partial charge in [0.15, 0.2) is 0 Å². The highest BCUT2D eigenvalue weighted by atomic mass is 32.1. The average molecular weight is 349 g/mol. The zero-order chi connectivity index (χ0) is 18.0. The van der Waals surface area contributed by atoms with E-state index < -0.39 is 0 Å². The van der Waals surface area contributed by atoms with Crippen molar-refractivity contribution in [1.82, 2.24) is 0 Å². The summed E-state index contributed by atoms with van der Waals surface area (Å²) in [6.45, 7) is 8.51. The van der Waals surface area contributed by atoms with E-state index in [4.69, 9.17) is 0 Å². The molecule has 0 bridgehead atoms. The lowest BCUT2D eigenvalue weighted by Crippen LogP contribution is -2.10. The number of aryl methyl sites for hydroxylation is 2. The van der Waals surface area contributed by atoms with Crippen LogP contribution in [-0.2, 0) is 0 Å². The first-order chi connectivity index (χ1) is 12.0. The Balaban J connectivity index is 1.82. The van der Waals surface area contributed by atoms with Crippen molar-refractivity contribution in [2.75, 3.05) is 5.32 Å². The van der Waals surface area contributed by atoms with Crippen LogP contribution >= 0.6 is 11.3 Å². The summed E-state index contributed by atoms with van der Waals surface area (Å²) < 4.78 is 0. The molecule has 0 radical (unpaired) electrons. The van der Waals surface area contributed by atoms with Gasteiger partial charge >= 0.3 is 0 Å². The highest BCUT2D eigenvalue weighted by molar-refractivity contribution is 7.17. The standard InChI is InChI=1S/C22H23NOS/c1-14(2)19-11-10-18(12-15(19)3)23-22(24)20-13-16(4)21(25-20)17-8-6-5-7-9-17/h5-14H,1-4H3,(H,23,24). The Kier molecular flexibility index (Phi) is 5.05. The van der Waals surface area contributed by atoms with Gasteiger partial charge in [-0.15, -0.1) is 11.3 Å². The van der Waals surface area contributed by atoms with Gasteiger partial charge in [0.25, 0.3) is 5.91 Å². The number of thiophene rings is 1. The van der Waals surface area contributed by atoms with Crippen molar-refractivity contribution >= 4 is 22.9 Å². The first kappa shape index (κ1) is 17.4. The van der Waals surface area contributed by atoms with Crippen LogP contribution in [0.1, 0.15) is 46.1 Å². The van der Waals surface area contributed by atoms with Crippen LogP contribution in [0.4, 0.5) is 5.69 Å². The third-order valence-corrected chi connectivity index (χ3v) is 5.61. The van der Waals surface area contributed by atoms with Crippen LogP contribution in [0.2, 0.25) is 0 Å². The fourth-order valence-corrected chi connectivity index (χ4v) is 4.14. The molecule has 0 atom stereocenters. The number of amides is 1. The van der Waals surface area contributed by atoms with Crippen LogP contribution in [-0.4, -0.2) is 5.91 Å². The fraction of sp³-hybridized carbons (Fsp3) is 0.227. The zero-order valence-corrected chi connectivity index (χ0v) is 15.9. The molecule has 0 aliphatic carbocycles. The van der Waals surface area contributed by atoms with Crippen molar-refractivity contribution in [3.8, 4) is 10.4 Å². The summed E-state index contributed by atoms with van der Waals surface area (Å²) >= 11 is 1.54. The van der Waals surface area contributed by atoms with Gasteiger partial charge in [-0.2, -0.15) is 0 Å². The van der Waals surface area contributed by atoms with E-state index in [0.717, 1.165) is 26.6 Å². The van der Waals surface area contributed by atoms with Crippen LogP contribution < -0.4 is 5.32 Å². The smallest absolute Gasteiger partial charge is 0.265 e. The summed E-state index contributed by atoms with van der Waals surface area (Å²) in [5.74, 6) is 0.435.